The minimum atomic E-state index is -0.840. The first kappa shape index (κ1) is 17.4. The molecule has 2 heterocycles. The van der Waals surface area contributed by atoms with Crippen LogP contribution >= 0.6 is 0 Å². The van der Waals surface area contributed by atoms with Crippen LogP contribution in [0.25, 0.3) is 0 Å². The Bertz CT molecular complexity index is 560. The predicted octanol–water partition coefficient (Wildman–Crippen LogP) is 3.47. The van der Waals surface area contributed by atoms with E-state index in [1.807, 2.05) is 18.2 Å². The van der Waals surface area contributed by atoms with E-state index >= 15 is 0 Å². The van der Waals surface area contributed by atoms with E-state index in [4.69, 9.17) is 5.11 Å². The normalized spacial score (nSPS) is 26.4. The first-order valence-electron chi connectivity index (χ1n) is 9.40. The number of nitrogens with zero attached hydrogens (tertiary/aromatic N) is 2. The summed E-state index contributed by atoms with van der Waals surface area (Å²) in [5.74, 6) is -0.0885. The number of piperidine rings is 2. The predicted molar refractivity (Wildman–Crippen MR) is 96.3 cm³/mol. The molecule has 2 unspecified atom stereocenters. The summed E-state index contributed by atoms with van der Waals surface area (Å²) in [6, 6.07) is 8.13. The van der Waals surface area contributed by atoms with E-state index in [1.54, 1.807) is 6.07 Å². The van der Waals surface area contributed by atoms with Gasteiger partial charge in [0.2, 0.25) is 0 Å². The highest BCUT2D eigenvalue weighted by atomic mass is 16.4. The summed E-state index contributed by atoms with van der Waals surface area (Å²) in [6.07, 6.45) is 6.66. The molecule has 132 valence electrons. The van der Waals surface area contributed by atoms with E-state index in [9.17, 15) is 4.79 Å². The Labute approximate surface area is 145 Å². The lowest BCUT2D eigenvalue weighted by molar-refractivity contribution is 0.0696. The van der Waals surface area contributed by atoms with Crippen LogP contribution in [0.15, 0.2) is 24.3 Å². The van der Waals surface area contributed by atoms with Crippen molar-refractivity contribution in [3.63, 3.8) is 0 Å². The molecule has 0 amide bonds. The molecule has 1 N–H and O–H groups in total. The average Bonchev–Trinajstić information content (AvgIpc) is 2.57. The van der Waals surface area contributed by atoms with E-state index in [2.05, 4.69) is 16.7 Å². The molecule has 2 fully saturated rings. The summed E-state index contributed by atoms with van der Waals surface area (Å²) in [5.41, 5.74) is 1.50. The second-order valence-electron chi connectivity index (χ2n) is 7.59. The zero-order valence-corrected chi connectivity index (χ0v) is 14.8. The quantitative estimate of drug-likeness (QED) is 0.898. The molecule has 1 aromatic carbocycles. The maximum atomic E-state index is 11.1. The van der Waals surface area contributed by atoms with Gasteiger partial charge in [0.25, 0.3) is 0 Å². The van der Waals surface area contributed by atoms with Gasteiger partial charge in [0.05, 0.1) is 5.56 Å². The highest BCUT2D eigenvalue weighted by Crippen LogP contribution is 2.23. The van der Waals surface area contributed by atoms with Crippen LogP contribution in [0, 0.1) is 5.92 Å². The lowest BCUT2D eigenvalue weighted by Crippen LogP contribution is -2.45. The van der Waals surface area contributed by atoms with E-state index in [1.165, 1.54) is 45.2 Å². The van der Waals surface area contributed by atoms with Crippen molar-refractivity contribution in [2.75, 3.05) is 26.2 Å². The molecule has 0 aromatic heterocycles. The molecule has 0 aliphatic carbocycles. The highest BCUT2D eigenvalue weighted by molar-refractivity contribution is 5.87. The summed E-state index contributed by atoms with van der Waals surface area (Å²) < 4.78 is 0. The molecule has 3 rings (SSSR count). The Morgan fingerprint density at radius 1 is 1.21 bits per heavy atom. The SMILES string of the molecule is CC1CCCCN1CC1CCCN(Cc2cccc(C(=O)O)c2)C1. The van der Waals surface area contributed by atoms with Crippen molar-refractivity contribution in [1.29, 1.82) is 0 Å². The van der Waals surface area contributed by atoms with Crippen molar-refractivity contribution in [1.82, 2.24) is 9.80 Å². The fourth-order valence-corrected chi connectivity index (χ4v) is 4.27. The van der Waals surface area contributed by atoms with Crippen LogP contribution in [0.3, 0.4) is 0 Å². The van der Waals surface area contributed by atoms with Gasteiger partial charge in [-0.05, 0) is 69.3 Å². The molecule has 2 saturated heterocycles. The van der Waals surface area contributed by atoms with Crippen molar-refractivity contribution < 1.29 is 9.90 Å². The third kappa shape index (κ3) is 4.58. The molecule has 0 radical (unpaired) electrons. The third-order valence-corrected chi connectivity index (χ3v) is 5.62. The number of aromatic carboxylic acids is 1. The largest absolute Gasteiger partial charge is 0.478 e. The number of rotatable bonds is 5. The summed E-state index contributed by atoms with van der Waals surface area (Å²) in [7, 11) is 0. The minimum absolute atomic E-state index is 0.392. The van der Waals surface area contributed by atoms with Gasteiger partial charge in [0.15, 0.2) is 0 Å². The van der Waals surface area contributed by atoms with Crippen LogP contribution in [-0.2, 0) is 6.54 Å². The number of benzene rings is 1. The van der Waals surface area contributed by atoms with Crippen molar-refractivity contribution in [2.45, 2.75) is 51.6 Å². The summed E-state index contributed by atoms with van der Waals surface area (Å²) in [5, 5.41) is 9.15. The van der Waals surface area contributed by atoms with Crippen LogP contribution in [0.1, 0.15) is 54.9 Å². The molecule has 0 spiro atoms. The Morgan fingerprint density at radius 3 is 2.88 bits per heavy atom. The third-order valence-electron chi connectivity index (χ3n) is 5.62. The zero-order valence-electron chi connectivity index (χ0n) is 14.8. The smallest absolute Gasteiger partial charge is 0.335 e. The molecule has 2 aliphatic heterocycles. The average molecular weight is 330 g/mol. The topological polar surface area (TPSA) is 43.8 Å². The van der Waals surface area contributed by atoms with Gasteiger partial charge in [-0.25, -0.2) is 4.79 Å². The molecule has 4 nitrogen and oxygen atoms in total. The van der Waals surface area contributed by atoms with Crippen molar-refractivity contribution >= 4 is 5.97 Å². The van der Waals surface area contributed by atoms with Crippen LogP contribution in [0.2, 0.25) is 0 Å². The first-order chi connectivity index (χ1) is 11.6. The van der Waals surface area contributed by atoms with Crippen molar-refractivity contribution in [2.24, 2.45) is 5.92 Å². The lowest BCUT2D eigenvalue weighted by Gasteiger charge is -2.39. The Morgan fingerprint density at radius 2 is 2.08 bits per heavy atom. The van der Waals surface area contributed by atoms with Gasteiger partial charge in [0.1, 0.15) is 0 Å². The number of hydrogen-bond acceptors (Lipinski definition) is 3. The van der Waals surface area contributed by atoms with Gasteiger partial charge in [-0.15, -0.1) is 0 Å². The first-order valence-corrected chi connectivity index (χ1v) is 9.40. The maximum Gasteiger partial charge on any atom is 0.335 e. The molecule has 1 aromatic rings. The summed E-state index contributed by atoms with van der Waals surface area (Å²) in [4.78, 5) is 16.3. The monoisotopic (exact) mass is 330 g/mol. The van der Waals surface area contributed by atoms with Gasteiger partial charge in [-0.2, -0.15) is 0 Å². The van der Waals surface area contributed by atoms with Gasteiger partial charge < -0.3 is 10.0 Å². The minimum Gasteiger partial charge on any atom is -0.478 e. The molecule has 2 atom stereocenters. The number of carbonyl (C=O) groups is 1. The van der Waals surface area contributed by atoms with Gasteiger partial charge in [0, 0.05) is 25.7 Å². The number of carboxylic acids is 1. The molecule has 24 heavy (non-hydrogen) atoms. The Hall–Kier alpha value is -1.39. The maximum absolute atomic E-state index is 11.1. The Kier molecular flexibility index (Phi) is 5.90. The molecule has 2 aliphatic rings. The fourth-order valence-electron chi connectivity index (χ4n) is 4.27. The summed E-state index contributed by atoms with van der Waals surface area (Å²) >= 11 is 0. The number of hydrogen-bond donors (Lipinski definition) is 1. The van der Waals surface area contributed by atoms with E-state index in [-0.39, 0.29) is 0 Å². The molecular weight excluding hydrogens is 300 g/mol. The van der Waals surface area contributed by atoms with E-state index in [0.717, 1.165) is 37.2 Å². The van der Waals surface area contributed by atoms with Crippen LogP contribution < -0.4 is 0 Å². The van der Waals surface area contributed by atoms with Crippen LogP contribution in [0.4, 0.5) is 0 Å². The highest BCUT2D eigenvalue weighted by Gasteiger charge is 2.25. The van der Waals surface area contributed by atoms with Gasteiger partial charge in [-0.3, -0.25) is 4.90 Å². The van der Waals surface area contributed by atoms with E-state index < -0.39 is 5.97 Å². The Balaban J connectivity index is 1.55. The van der Waals surface area contributed by atoms with Crippen molar-refractivity contribution in [3.8, 4) is 0 Å². The van der Waals surface area contributed by atoms with Gasteiger partial charge in [-0.1, -0.05) is 18.6 Å². The van der Waals surface area contributed by atoms with Crippen LogP contribution in [-0.4, -0.2) is 53.1 Å². The van der Waals surface area contributed by atoms with Gasteiger partial charge >= 0.3 is 5.97 Å². The van der Waals surface area contributed by atoms with Crippen molar-refractivity contribution in [3.05, 3.63) is 35.4 Å². The van der Waals surface area contributed by atoms with E-state index in [0.29, 0.717) is 5.56 Å². The molecule has 4 heteroatoms. The molecule has 0 bridgehead atoms. The standard InChI is InChI=1S/C20H30N2O2/c1-16-6-2-3-11-22(16)15-18-8-5-10-21(14-18)13-17-7-4-9-19(12-17)20(23)24/h4,7,9,12,16,18H,2-3,5-6,8,10-11,13-15H2,1H3,(H,23,24). The zero-order chi connectivity index (χ0) is 16.9. The lowest BCUT2D eigenvalue weighted by atomic mass is 9.94. The number of carboxylic acid groups (broad SMARTS) is 1. The molecule has 0 saturated carbocycles. The fraction of sp³-hybridized carbons (Fsp3) is 0.650. The second kappa shape index (κ2) is 8.13. The number of likely N-dealkylation sites (tertiary alicyclic amines) is 2. The molecular formula is C20H30N2O2. The van der Waals surface area contributed by atoms with Crippen LogP contribution in [0.5, 0.6) is 0 Å². The summed E-state index contributed by atoms with van der Waals surface area (Å²) in [6.45, 7) is 8.00. The second-order valence-corrected chi connectivity index (χ2v) is 7.59.